The van der Waals surface area contributed by atoms with Gasteiger partial charge in [0.15, 0.2) is 0 Å². The average Bonchev–Trinajstić information content (AvgIpc) is 3.35. The smallest absolute Gasteiger partial charge is 0.257 e. The van der Waals surface area contributed by atoms with E-state index in [4.69, 9.17) is 0 Å². The van der Waals surface area contributed by atoms with Crippen molar-refractivity contribution in [3.8, 4) is 0 Å². The molecule has 1 fully saturated rings. The van der Waals surface area contributed by atoms with Crippen molar-refractivity contribution < 1.29 is 14.0 Å². The molecule has 6 nitrogen and oxygen atoms in total. The van der Waals surface area contributed by atoms with Crippen molar-refractivity contribution in [3.05, 3.63) is 70.5 Å². The number of carbonyl (C=O) groups excluding carboxylic acids is 2. The van der Waals surface area contributed by atoms with Crippen LogP contribution in [0, 0.1) is 5.82 Å². The molecule has 148 valence electrons. The fourth-order valence-electron chi connectivity index (χ4n) is 3.25. The SMILES string of the molecule is CCc1ccc(N2CC(c3nnc(NC(=O)c4ccc(F)cc4)s3)CC2=O)cc1. The molecule has 1 aromatic heterocycles. The predicted octanol–water partition coefficient (Wildman–Crippen LogP) is 4.01. The fraction of sp³-hybridized carbons (Fsp3) is 0.238. The fourth-order valence-corrected chi connectivity index (χ4v) is 4.08. The number of anilines is 2. The quantitative estimate of drug-likeness (QED) is 0.690. The number of halogens is 1. The number of aromatic nitrogens is 2. The van der Waals surface area contributed by atoms with Gasteiger partial charge in [0, 0.05) is 30.1 Å². The average molecular weight is 410 g/mol. The van der Waals surface area contributed by atoms with Crippen molar-refractivity contribution in [2.75, 3.05) is 16.8 Å². The number of aryl methyl sites for hydroxylation is 1. The second-order valence-electron chi connectivity index (χ2n) is 6.83. The van der Waals surface area contributed by atoms with Crippen molar-refractivity contribution >= 4 is 34.0 Å². The van der Waals surface area contributed by atoms with E-state index in [1.165, 1.54) is 41.2 Å². The zero-order valence-electron chi connectivity index (χ0n) is 15.8. The van der Waals surface area contributed by atoms with Gasteiger partial charge in [-0.25, -0.2) is 4.39 Å². The third-order valence-electron chi connectivity index (χ3n) is 4.90. The zero-order valence-corrected chi connectivity index (χ0v) is 16.6. The van der Waals surface area contributed by atoms with Crippen molar-refractivity contribution in [2.45, 2.75) is 25.7 Å². The lowest BCUT2D eigenvalue weighted by Crippen LogP contribution is -2.24. The molecular weight excluding hydrogens is 391 g/mol. The lowest BCUT2D eigenvalue weighted by molar-refractivity contribution is -0.117. The molecule has 0 bridgehead atoms. The van der Waals surface area contributed by atoms with Crippen LogP contribution in [0.25, 0.3) is 0 Å². The number of rotatable bonds is 5. The van der Waals surface area contributed by atoms with E-state index in [2.05, 4.69) is 22.4 Å². The molecule has 0 saturated carbocycles. The highest BCUT2D eigenvalue weighted by atomic mass is 32.1. The first kappa shape index (κ1) is 19.2. The minimum atomic E-state index is -0.403. The summed E-state index contributed by atoms with van der Waals surface area (Å²) in [5.74, 6) is -0.805. The normalized spacial score (nSPS) is 16.3. The molecule has 1 atom stereocenters. The van der Waals surface area contributed by atoms with Gasteiger partial charge >= 0.3 is 0 Å². The Bertz CT molecular complexity index is 1030. The van der Waals surface area contributed by atoms with Gasteiger partial charge in [0.1, 0.15) is 10.8 Å². The number of nitrogens with one attached hydrogen (secondary N) is 1. The maximum absolute atomic E-state index is 13.0. The van der Waals surface area contributed by atoms with Gasteiger partial charge in [0.05, 0.1) is 0 Å². The summed E-state index contributed by atoms with van der Waals surface area (Å²) in [6.45, 7) is 2.62. The van der Waals surface area contributed by atoms with Crippen LogP contribution in [-0.4, -0.2) is 28.6 Å². The van der Waals surface area contributed by atoms with Gasteiger partial charge in [-0.05, 0) is 48.4 Å². The molecule has 2 amide bonds. The second-order valence-corrected chi connectivity index (χ2v) is 7.84. The Balaban J connectivity index is 1.43. The van der Waals surface area contributed by atoms with Gasteiger partial charge in [-0.15, -0.1) is 10.2 Å². The van der Waals surface area contributed by atoms with Crippen LogP contribution in [0.5, 0.6) is 0 Å². The Kier molecular flexibility index (Phi) is 5.35. The number of hydrogen-bond acceptors (Lipinski definition) is 5. The molecule has 29 heavy (non-hydrogen) atoms. The highest BCUT2D eigenvalue weighted by Crippen LogP contribution is 2.34. The Hall–Kier alpha value is -3.13. The van der Waals surface area contributed by atoms with Crippen LogP contribution in [0.4, 0.5) is 15.2 Å². The van der Waals surface area contributed by atoms with Gasteiger partial charge in [0.25, 0.3) is 5.91 Å². The van der Waals surface area contributed by atoms with E-state index in [1.54, 1.807) is 4.90 Å². The van der Waals surface area contributed by atoms with E-state index >= 15 is 0 Å². The molecule has 0 spiro atoms. The van der Waals surface area contributed by atoms with Crippen molar-refractivity contribution in [3.63, 3.8) is 0 Å². The van der Waals surface area contributed by atoms with Crippen LogP contribution in [0.1, 0.15) is 40.2 Å². The van der Waals surface area contributed by atoms with Crippen LogP contribution >= 0.6 is 11.3 Å². The molecule has 1 saturated heterocycles. The predicted molar refractivity (Wildman–Crippen MR) is 110 cm³/mol. The topological polar surface area (TPSA) is 75.2 Å². The van der Waals surface area contributed by atoms with E-state index in [0.717, 1.165) is 12.1 Å². The van der Waals surface area contributed by atoms with Crippen LogP contribution < -0.4 is 10.2 Å². The summed E-state index contributed by atoms with van der Waals surface area (Å²) in [5, 5.41) is 11.9. The number of hydrogen-bond donors (Lipinski definition) is 1. The van der Waals surface area contributed by atoms with E-state index in [0.29, 0.717) is 28.7 Å². The van der Waals surface area contributed by atoms with Gasteiger partial charge in [-0.3, -0.25) is 14.9 Å². The van der Waals surface area contributed by atoms with Crippen molar-refractivity contribution in [2.24, 2.45) is 0 Å². The Labute approximate surface area is 171 Å². The van der Waals surface area contributed by atoms with Crippen LogP contribution in [0.2, 0.25) is 0 Å². The molecule has 2 heterocycles. The summed E-state index contributed by atoms with van der Waals surface area (Å²) in [5.41, 5.74) is 2.44. The molecule has 2 aromatic carbocycles. The summed E-state index contributed by atoms with van der Waals surface area (Å²) < 4.78 is 13.0. The molecule has 8 heteroatoms. The van der Waals surface area contributed by atoms with Crippen LogP contribution in [0.3, 0.4) is 0 Å². The lowest BCUT2D eigenvalue weighted by Gasteiger charge is -2.16. The van der Waals surface area contributed by atoms with E-state index in [9.17, 15) is 14.0 Å². The first-order chi connectivity index (χ1) is 14.0. The highest BCUT2D eigenvalue weighted by molar-refractivity contribution is 7.15. The Morgan fingerprint density at radius 3 is 2.59 bits per heavy atom. The number of benzene rings is 2. The number of carbonyl (C=O) groups is 2. The van der Waals surface area contributed by atoms with Crippen molar-refractivity contribution in [1.82, 2.24) is 10.2 Å². The maximum atomic E-state index is 13.0. The summed E-state index contributed by atoms with van der Waals surface area (Å²) in [6, 6.07) is 13.3. The molecule has 4 rings (SSSR count). The second kappa shape index (κ2) is 8.08. The molecule has 3 aromatic rings. The summed E-state index contributed by atoms with van der Waals surface area (Å²) >= 11 is 1.25. The van der Waals surface area contributed by atoms with Gasteiger partial charge in [-0.1, -0.05) is 30.4 Å². The number of nitrogens with zero attached hydrogens (tertiary/aromatic N) is 3. The third kappa shape index (κ3) is 4.17. The minimum Gasteiger partial charge on any atom is -0.312 e. The minimum absolute atomic E-state index is 0.0475. The Morgan fingerprint density at radius 2 is 1.90 bits per heavy atom. The van der Waals surface area contributed by atoms with E-state index < -0.39 is 5.82 Å². The first-order valence-corrected chi connectivity index (χ1v) is 10.1. The van der Waals surface area contributed by atoms with E-state index in [-0.39, 0.29) is 17.7 Å². The molecule has 1 aliphatic heterocycles. The third-order valence-corrected chi connectivity index (χ3v) is 5.90. The maximum Gasteiger partial charge on any atom is 0.257 e. The molecular formula is C21H19FN4O2S. The molecule has 1 aliphatic rings. The monoisotopic (exact) mass is 410 g/mol. The molecule has 1 unspecified atom stereocenters. The largest absolute Gasteiger partial charge is 0.312 e. The lowest BCUT2D eigenvalue weighted by atomic mass is 10.1. The summed E-state index contributed by atoms with van der Waals surface area (Å²) in [4.78, 5) is 26.5. The van der Waals surface area contributed by atoms with Crippen LogP contribution in [-0.2, 0) is 11.2 Å². The van der Waals surface area contributed by atoms with Crippen molar-refractivity contribution in [1.29, 1.82) is 0 Å². The molecule has 0 radical (unpaired) electrons. The molecule has 1 N–H and O–H groups in total. The zero-order chi connectivity index (χ0) is 20.4. The van der Waals surface area contributed by atoms with Gasteiger partial charge < -0.3 is 4.90 Å². The summed E-state index contributed by atoms with van der Waals surface area (Å²) in [6.07, 6.45) is 1.31. The van der Waals surface area contributed by atoms with Crippen LogP contribution in [0.15, 0.2) is 48.5 Å². The standard InChI is InChI=1S/C21H19FN4O2S/c1-2-13-3-9-17(10-4-13)26-12-15(11-18(26)27)20-24-25-21(29-20)23-19(28)14-5-7-16(22)8-6-14/h3-10,15H,2,11-12H2,1H3,(H,23,25,28). The van der Waals surface area contributed by atoms with Gasteiger partial charge in [-0.2, -0.15) is 0 Å². The van der Waals surface area contributed by atoms with Gasteiger partial charge in [0.2, 0.25) is 11.0 Å². The number of amides is 2. The highest BCUT2D eigenvalue weighted by Gasteiger charge is 2.34. The molecule has 0 aliphatic carbocycles. The Morgan fingerprint density at radius 1 is 1.17 bits per heavy atom. The summed E-state index contributed by atoms with van der Waals surface area (Å²) in [7, 11) is 0. The first-order valence-electron chi connectivity index (χ1n) is 9.33. The van der Waals surface area contributed by atoms with E-state index in [1.807, 2.05) is 24.3 Å².